The summed E-state index contributed by atoms with van der Waals surface area (Å²) in [4.78, 5) is 24.4. The van der Waals surface area contributed by atoms with E-state index in [0.29, 0.717) is 22.9 Å². The number of aryl methyl sites for hydroxylation is 3. The molecule has 0 aliphatic carbocycles. The monoisotopic (exact) mass is 475 g/mol. The molecule has 0 aliphatic heterocycles. The molecule has 7 nitrogen and oxygen atoms in total. The molecule has 0 radical (unpaired) electrons. The number of carboxylic acid groups (broad SMARTS) is 1. The molecule has 3 aromatic carbocycles. The van der Waals surface area contributed by atoms with Crippen LogP contribution in [0.15, 0.2) is 71.5 Å². The number of fused-ring (bicyclic) bond motifs is 1. The van der Waals surface area contributed by atoms with Crippen molar-refractivity contribution in [1.29, 1.82) is 0 Å². The average Bonchev–Trinajstić information content (AvgIpc) is 2.86. The average molecular weight is 476 g/mol. The van der Waals surface area contributed by atoms with E-state index in [4.69, 9.17) is 0 Å². The van der Waals surface area contributed by atoms with Crippen molar-refractivity contribution in [2.75, 3.05) is 0 Å². The van der Waals surface area contributed by atoms with E-state index < -0.39 is 18.0 Å². The van der Waals surface area contributed by atoms with Gasteiger partial charge in [0.05, 0.1) is 17.4 Å². The number of aliphatic hydroxyl groups excluding tert-OH is 1. The van der Waals surface area contributed by atoms with Crippen molar-refractivity contribution in [2.45, 2.75) is 38.8 Å². The Labute approximate surface area is 201 Å². The van der Waals surface area contributed by atoms with Crippen LogP contribution < -0.4 is 5.56 Å². The van der Waals surface area contributed by atoms with Crippen molar-refractivity contribution in [3.63, 3.8) is 0 Å². The summed E-state index contributed by atoms with van der Waals surface area (Å²) in [7, 11) is 0. The van der Waals surface area contributed by atoms with Crippen molar-refractivity contribution in [3.05, 3.63) is 94.0 Å². The van der Waals surface area contributed by atoms with Crippen LogP contribution in [0.25, 0.3) is 22.0 Å². The molecule has 2 N–H and O–H groups in total. The molecule has 8 heteroatoms. The highest BCUT2D eigenvalue weighted by atomic mass is 19.1. The maximum Gasteiger partial charge on any atom is 0.309 e. The van der Waals surface area contributed by atoms with Gasteiger partial charge in [0.2, 0.25) is 0 Å². The number of aromatic nitrogens is 3. The molecular weight excluding hydrogens is 449 g/mol. The van der Waals surface area contributed by atoms with Gasteiger partial charge in [-0.2, -0.15) is 0 Å². The lowest BCUT2D eigenvalue weighted by Crippen LogP contribution is -2.32. The number of hydrogen-bond acceptors (Lipinski definition) is 5. The summed E-state index contributed by atoms with van der Waals surface area (Å²) in [5, 5.41) is 28.6. The number of aliphatic hydroxyl groups is 1. The second-order valence-electron chi connectivity index (χ2n) is 8.64. The third-order valence-electron chi connectivity index (χ3n) is 6.25. The molecule has 0 amide bonds. The molecule has 35 heavy (non-hydrogen) atoms. The third-order valence-corrected chi connectivity index (χ3v) is 6.25. The van der Waals surface area contributed by atoms with Gasteiger partial charge >= 0.3 is 5.97 Å². The number of carbonyl (C=O) groups is 1. The Hall–Kier alpha value is -3.91. The quantitative estimate of drug-likeness (QED) is 0.379. The van der Waals surface area contributed by atoms with Gasteiger partial charge in [0.1, 0.15) is 11.3 Å². The molecule has 4 aromatic rings. The molecule has 0 spiro atoms. The number of aliphatic carboxylic acids is 1. The molecule has 4 rings (SSSR count). The Kier molecular flexibility index (Phi) is 7.31. The van der Waals surface area contributed by atoms with Crippen LogP contribution in [-0.2, 0) is 17.8 Å². The van der Waals surface area contributed by atoms with Crippen LogP contribution in [0.3, 0.4) is 0 Å². The zero-order chi connectivity index (χ0) is 24.9. The van der Waals surface area contributed by atoms with Crippen molar-refractivity contribution in [2.24, 2.45) is 5.92 Å². The molecule has 0 saturated carbocycles. The second kappa shape index (κ2) is 10.6. The van der Waals surface area contributed by atoms with Crippen LogP contribution in [0, 0.1) is 18.7 Å². The first kappa shape index (κ1) is 24.2. The van der Waals surface area contributed by atoms with E-state index in [2.05, 4.69) is 10.3 Å². The van der Waals surface area contributed by atoms with Crippen LogP contribution >= 0.6 is 0 Å². The van der Waals surface area contributed by atoms with Gasteiger partial charge < -0.3 is 10.2 Å². The smallest absolute Gasteiger partial charge is 0.309 e. The first-order valence-electron chi connectivity index (χ1n) is 11.4. The number of hydrogen-bond donors (Lipinski definition) is 2. The van der Waals surface area contributed by atoms with Gasteiger partial charge in [-0.15, -0.1) is 5.10 Å². The first-order valence-corrected chi connectivity index (χ1v) is 11.4. The summed E-state index contributed by atoms with van der Waals surface area (Å²) in [6, 6.07) is 19.4. The summed E-state index contributed by atoms with van der Waals surface area (Å²) in [5.41, 5.74) is 3.30. The Bertz CT molecular complexity index is 1400. The molecular formula is C27H26FN3O4. The summed E-state index contributed by atoms with van der Waals surface area (Å²) in [6.07, 6.45) is -0.333. The number of rotatable bonds is 9. The van der Waals surface area contributed by atoms with E-state index in [9.17, 15) is 24.2 Å². The van der Waals surface area contributed by atoms with Gasteiger partial charge in [-0.3, -0.25) is 9.59 Å². The highest BCUT2D eigenvalue weighted by molar-refractivity contribution is 5.76. The lowest BCUT2D eigenvalue weighted by Gasteiger charge is -2.19. The fraction of sp³-hybridized carbons (Fsp3) is 0.259. The van der Waals surface area contributed by atoms with Gasteiger partial charge in [-0.1, -0.05) is 53.7 Å². The predicted molar refractivity (Wildman–Crippen MR) is 130 cm³/mol. The molecule has 0 aliphatic rings. The van der Waals surface area contributed by atoms with Gasteiger partial charge in [0, 0.05) is 6.54 Å². The van der Waals surface area contributed by atoms with E-state index in [1.54, 1.807) is 37.3 Å². The van der Waals surface area contributed by atoms with Crippen LogP contribution in [0.4, 0.5) is 4.39 Å². The minimum atomic E-state index is -1.13. The standard InChI is InChI=1S/C27H26FN3O4/c1-17-6-10-20(16-23(17)28)19-11-7-18(8-12-19)9-13-25(32)22(27(34)35)14-15-31-26(33)21-4-2-3-5-24(21)29-30-31/h2-8,10-12,16,22,25,32H,9,13-15H2,1H3,(H,34,35)/t22?,25-/m1/s1. The molecule has 0 fully saturated rings. The van der Waals surface area contributed by atoms with E-state index in [-0.39, 0.29) is 30.8 Å². The van der Waals surface area contributed by atoms with E-state index in [1.807, 2.05) is 30.3 Å². The minimum absolute atomic E-state index is 0.0342. The number of nitrogens with zero attached hydrogens (tertiary/aromatic N) is 3. The molecule has 1 unspecified atom stereocenters. The van der Waals surface area contributed by atoms with Crippen LogP contribution in [0.5, 0.6) is 0 Å². The zero-order valence-corrected chi connectivity index (χ0v) is 19.3. The summed E-state index contributed by atoms with van der Waals surface area (Å²) in [6.45, 7) is 1.75. The molecule has 0 saturated heterocycles. The Morgan fingerprint density at radius 3 is 2.46 bits per heavy atom. The first-order chi connectivity index (χ1) is 16.8. The number of halogens is 1. The number of carboxylic acids is 1. The van der Waals surface area contributed by atoms with Crippen molar-refractivity contribution in [3.8, 4) is 11.1 Å². The summed E-state index contributed by atoms with van der Waals surface area (Å²) in [5.74, 6) is -2.44. The van der Waals surface area contributed by atoms with E-state index in [1.165, 1.54) is 6.07 Å². The number of benzene rings is 3. The lowest BCUT2D eigenvalue weighted by molar-refractivity contribution is -0.146. The molecule has 0 bridgehead atoms. The highest BCUT2D eigenvalue weighted by Gasteiger charge is 2.26. The minimum Gasteiger partial charge on any atom is -0.481 e. The molecule has 180 valence electrons. The van der Waals surface area contributed by atoms with E-state index in [0.717, 1.165) is 21.4 Å². The van der Waals surface area contributed by atoms with Crippen molar-refractivity contribution in [1.82, 2.24) is 15.0 Å². The van der Waals surface area contributed by atoms with Crippen LogP contribution in [-0.4, -0.2) is 37.3 Å². The largest absolute Gasteiger partial charge is 0.481 e. The fourth-order valence-electron chi connectivity index (χ4n) is 4.06. The summed E-state index contributed by atoms with van der Waals surface area (Å²) < 4.78 is 15.0. The maximum atomic E-state index is 13.9. The molecule has 2 atom stereocenters. The Morgan fingerprint density at radius 1 is 1.03 bits per heavy atom. The predicted octanol–water partition coefficient (Wildman–Crippen LogP) is 3.99. The normalized spacial score (nSPS) is 13.0. The van der Waals surface area contributed by atoms with Gasteiger partial charge in [0.25, 0.3) is 5.56 Å². The van der Waals surface area contributed by atoms with Crippen LogP contribution in [0.1, 0.15) is 24.0 Å². The highest BCUT2D eigenvalue weighted by Crippen LogP contribution is 2.23. The Balaban J connectivity index is 1.38. The van der Waals surface area contributed by atoms with Crippen LogP contribution in [0.2, 0.25) is 0 Å². The van der Waals surface area contributed by atoms with Gasteiger partial charge in [0.15, 0.2) is 0 Å². The maximum absolute atomic E-state index is 13.9. The van der Waals surface area contributed by atoms with E-state index >= 15 is 0 Å². The van der Waals surface area contributed by atoms with Crippen molar-refractivity contribution < 1.29 is 19.4 Å². The van der Waals surface area contributed by atoms with Gasteiger partial charge in [-0.05, 0) is 66.6 Å². The second-order valence-corrected chi connectivity index (χ2v) is 8.64. The van der Waals surface area contributed by atoms with Gasteiger partial charge in [-0.25, -0.2) is 9.07 Å². The third kappa shape index (κ3) is 5.60. The van der Waals surface area contributed by atoms with Crippen molar-refractivity contribution >= 4 is 16.9 Å². The lowest BCUT2D eigenvalue weighted by atomic mass is 9.93. The summed E-state index contributed by atoms with van der Waals surface area (Å²) >= 11 is 0. The fourth-order valence-corrected chi connectivity index (χ4v) is 4.06. The topological polar surface area (TPSA) is 105 Å². The molecule has 1 aromatic heterocycles. The molecule has 1 heterocycles. The zero-order valence-electron chi connectivity index (χ0n) is 19.3. The SMILES string of the molecule is Cc1ccc(-c2ccc(CC[C@@H](O)C(CCn3nnc4ccccc4c3=O)C(=O)O)cc2)cc1F. The Morgan fingerprint density at radius 2 is 1.74 bits per heavy atom.